The molecule has 2 aromatic heterocycles. The van der Waals surface area contributed by atoms with Gasteiger partial charge in [-0.3, -0.25) is 14.2 Å². The van der Waals surface area contributed by atoms with Crippen LogP contribution >= 0.6 is 50.7 Å². The number of amides is 1. The monoisotopic (exact) mass is 489 g/mol. The van der Waals surface area contributed by atoms with E-state index in [9.17, 15) is 4.79 Å². The van der Waals surface area contributed by atoms with E-state index in [-0.39, 0.29) is 11.8 Å². The predicted molar refractivity (Wildman–Crippen MR) is 111 cm³/mol. The number of nitrogens with one attached hydrogen (secondary N) is 1. The average molecular weight is 492 g/mol. The third-order valence-corrected chi connectivity index (χ3v) is 5.22. The van der Waals surface area contributed by atoms with Gasteiger partial charge in [-0.05, 0) is 33.6 Å². The van der Waals surface area contributed by atoms with Gasteiger partial charge in [-0.25, -0.2) is 0 Å². The van der Waals surface area contributed by atoms with Crippen molar-refractivity contribution >= 4 is 62.5 Å². The van der Waals surface area contributed by atoms with Crippen molar-refractivity contribution in [3.8, 4) is 0 Å². The molecule has 0 radical (unpaired) electrons. The lowest BCUT2D eigenvalue weighted by atomic mass is 10.1. The zero-order valence-corrected chi connectivity index (χ0v) is 18.0. The van der Waals surface area contributed by atoms with E-state index in [1.165, 1.54) is 0 Å². The van der Waals surface area contributed by atoms with Crippen LogP contribution in [0.25, 0.3) is 0 Å². The largest absolute Gasteiger partial charge is 0.308 e. The lowest BCUT2D eigenvalue weighted by Gasteiger charge is -2.11. The predicted octanol–water partition coefficient (Wildman–Crippen LogP) is 5.13. The number of anilines is 1. The molecule has 1 aromatic carbocycles. The first-order valence-corrected chi connectivity index (χ1v) is 9.90. The summed E-state index contributed by atoms with van der Waals surface area (Å²) in [6.45, 7) is 2.70. The van der Waals surface area contributed by atoms with Gasteiger partial charge in [0.1, 0.15) is 5.02 Å². The molecule has 0 aliphatic rings. The molecule has 1 N–H and O–H groups in total. The van der Waals surface area contributed by atoms with Gasteiger partial charge in [-0.2, -0.15) is 10.2 Å². The van der Waals surface area contributed by atoms with Crippen LogP contribution in [0.2, 0.25) is 15.1 Å². The second kappa shape index (κ2) is 8.65. The highest BCUT2D eigenvalue weighted by molar-refractivity contribution is 9.10. The van der Waals surface area contributed by atoms with Crippen molar-refractivity contribution in [2.45, 2.75) is 20.0 Å². The molecule has 6 nitrogen and oxygen atoms in total. The van der Waals surface area contributed by atoms with Gasteiger partial charge in [0, 0.05) is 12.4 Å². The molecule has 27 heavy (non-hydrogen) atoms. The van der Waals surface area contributed by atoms with E-state index in [2.05, 4.69) is 31.4 Å². The van der Waals surface area contributed by atoms with E-state index in [1.54, 1.807) is 33.9 Å². The Balaban J connectivity index is 1.65. The third kappa shape index (κ3) is 5.25. The number of halogens is 4. The summed E-state index contributed by atoms with van der Waals surface area (Å²) in [6.07, 6.45) is 5.13. The topological polar surface area (TPSA) is 64.7 Å². The fraction of sp³-hybridized carbons (Fsp3) is 0.235. The normalized spacial score (nSPS) is 12.2. The SMILES string of the molecule is CC(Cn1cc(Br)cn1)C(=O)Nc1nn(Cc2ccc(Cl)c(Cl)c2)cc1Cl. The van der Waals surface area contributed by atoms with Crippen LogP contribution in [-0.2, 0) is 17.9 Å². The minimum Gasteiger partial charge on any atom is -0.308 e. The van der Waals surface area contributed by atoms with E-state index in [4.69, 9.17) is 34.8 Å². The van der Waals surface area contributed by atoms with Gasteiger partial charge in [0.05, 0.1) is 39.7 Å². The fourth-order valence-corrected chi connectivity index (χ4v) is 3.28. The van der Waals surface area contributed by atoms with Crippen molar-refractivity contribution in [2.24, 2.45) is 5.92 Å². The number of aromatic nitrogens is 4. The molecular formula is C17H15BrCl3N5O. The maximum atomic E-state index is 12.4. The van der Waals surface area contributed by atoms with Gasteiger partial charge in [0.2, 0.25) is 5.91 Å². The maximum absolute atomic E-state index is 12.4. The first kappa shape index (κ1) is 20.2. The number of hydrogen-bond acceptors (Lipinski definition) is 3. The highest BCUT2D eigenvalue weighted by Crippen LogP contribution is 2.24. The minimum absolute atomic E-state index is 0.191. The Morgan fingerprint density at radius 1 is 1.19 bits per heavy atom. The molecule has 1 unspecified atom stereocenters. The van der Waals surface area contributed by atoms with Gasteiger partial charge >= 0.3 is 0 Å². The zero-order valence-electron chi connectivity index (χ0n) is 14.2. The van der Waals surface area contributed by atoms with Crippen molar-refractivity contribution in [1.29, 1.82) is 0 Å². The number of benzene rings is 1. The summed E-state index contributed by atoms with van der Waals surface area (Å²) >= 11 is 21.5. The number of nitrogens with zero attached hydrogens (tertiary/aromatic N) is 4. The van der Waals surface area contributed by atoms with Crippen LogP contribution < -0.4 is 5.32 Å². The molecule has 0 aliphatic carbocycles. The highest BCUT2D eigenvalue weighted by atomic mass is 79.9. The number of carbonyl (C=O) groups excluding carboxylic acids is 1. The first-order chi connectivity index (χ1) is 12.8. The molecule has 142 valence electrons. The molecule has 2 heterocycles. The van der Waals surface area contributed by atoms with Crippen LogP contribution in [0.3, 0.4) is 0 Å². The average Bonchev–Trinajstić information content (AvgIpc) is 3.16. The molecule has 0 spiro atoms. The van der Waals surface area contributed by atoms with E-state index < -0.39 is 0 Å². The summed E-state index contributed by atoms with van der Waals surface area (Å²) in [4.78, 5) is 12.4. The molecule has 1 amide bonds. The Morgan fingerprint density at radius 3 is 2.63 bits per heavy atom. The van der Waals surface area contributed by atoms with Crippen LogP contribution in [0, 0.1) is 5.92 Å². The van der Waals surface area contributed by atoms with Crippen molar-refractivity contribution < 1.29 is 4.79 Å². The standard InChI is InChI=1S/C17H15BrCl3N5O/c1-10(6-25-8-12(18)5-22-25)17(27)23-16-15(21)9-26(24-16)7-11-2-3-13(19)14(20)4-11/h2-5,8-10H,6-7H2,1H3,(H,23,24,27). The summed E-state index contributed by atoms with van der Waals surface area (Å²) in [5, 5.41) is 12.6. The second-order valence-corrected chi connectivity index (χ2v) is 8.18. The van der Waals surface area contributed by atoms with Crippen LogP contribution in [0.1, 0.15) is 12.5 Å². The molecule has 0 saturated carbocycles. The summed E-state index contributed by atoms with van der Waals surface area (Å²) in [7, 11) is 0. The second-order valence-electron chi connectivity index (χ2n) is 6.04. The van der Waals surface area contributed by atoms with Crippen LogP contribution in [-0.4, -0.2) is 25.5 Å². The minimum atomic E-state index is -0.312. The Hall–Kier alpha value is -1.54. The highest BCUT2D eigenvalue weighted by Gasteiger charge is 2.18. The quantitative estimate of drug-likeness (QED) is 0.520. The number of rotatable bonds is 6. The zero-order chi connectivity index (χ0) is 19.6. The van der Waals surface area contributed by atoms with Crippen LogP contribution in [0.15, 0.2) is 41.3 Å². The lowest BCUT2D eigenvalue weighted by Crippen LogP contribution is -2.25. The molecule has 3 aromatic rings. The summed E-state index contributed by atoms with van der Waals surface area (Å²) in [6, 6.07) is 5.34. The Labute approximate surface area is 179 Å². The maximum Gasteiger partial charge on any atom is 0.230 e. The fourth-order valence-electron chi connectivity index (χ4n) is 2.43. The molecule has 1 atom stereocenters. The van der Waals surface area contributed by atoms with Crippen molar-refractivity contribution in [2.75, 3.05) is 5.32 Å². The molecule has 0 saturated heterocycles. The van der Waals surface area contributed by atoms with Gasteiger partial charge in [0.25, 0.3) is 0 Å². The summed E-state index contributed by atoms with van der Waals surface area (Å²) in [5.41, 5.74) is 0.916. The number of carbonyl (C=O) groups is 1. The smallest absolute Gasteiger partial charge is 0.230 e. The molecule has 3 rings (SSSR count). The van der Waals surface area contributed by atoms with E-state index >= 15 is 0 Å². The van der Waals surface area contributed by atoms with Gasteiger partial charge in [-0.1, -0.05) is 47.8 Å². The Bertz CT molecular complexity index is 971. The van der Waals surface area contributed by atoms with Crippen LogP contribution in [0.4, 0.5) is 5.82 Å². The molecule has 0 bridgehead atoms. The van der Waals surface area contributed by atoms with Gasteiger partial charge in [0.15, 0.2) is 5.82 Å². The molecule has 0 fully saturated rings. The summed E-state index contributed by atoms with van der Waals surface area (Å²) in [5.74, 6) is -0.188. The Morgan fingerprint density at radius 2 is 1.96 bits per heavy atom. The van der Waals surface area contributed by atoms with Crippen LogP contribution in [0.5, 0.6) is 0 Å². The summed E-state index contributed by atoms with van der Waals surface area (Å²) < 4.78 is 4.19. The van der Waals surface area contributed by atoms with Crippen molar-refractivity contribution in [3.63, 3.8) is 0 Å². The van der Waals surface area contributed by atoms with E-state index in [1.807, 2.05) is 19.2 Å². The molecule has 10 heteroatoms. The number of hydrogen-bond donors (Lipinski definition) is 1. The Kier molecular flexibility index (Phi) is 6.47. The van der Waals surface area contributed by atoms with Crippen molar-refractivity contribution in [1.82, 2.24) is 19.6 Å². The van der Waals surface area contributed by atoms with Gasteiger partial charge < -0.3 is 5.32 Å². The van der Waals surface area contributed by atoms with Gasteiger partial charge in [-0.15, -0.1) is 0 Å². The van der Waals surface area contributed by atoms with Crippen molar-refractivity contribution in [3.05, 3.63) is 61.9 Å². The first-order valence-electron chi connectivity index (χ1n) is 7.97. The molecular weight excluding hydrogens is 476 g/mol. The van der Waals surface area contributed by atoms with E-state index in [0.29, 0.717) is 34.0 Å². The molecule has 0 aliphatic heterocycles. The lowest BCUT2D eigenvalue weighted by molar-refractivity contribution is -0.119. The van der Waals surface area contributed by atoms with E-state index in [0.717, 1.165) is 10.0 Å². The third-order valence-electron chi connectivity index (χ3n) is 3.80.